The first-order chi connectivity index (χ1) is 15.6. The van der Waals surface area contributed by atoms with Gasteiger partial charge >= 0.3 is 12.1 Å². The van der Waals surface area contributed by atoms with Crippen LogP contribution >= 0.6 is 11.8 Å². The molecule has 0 saturated carbocycles. The molecular weight excluding hydrogens is 458 g/mol. The van der Waals surface area contributed by atoms with Gasteiger partial charge < -0.3 is 10.0 Å². The van der Waals surface area contributed by atoms with Crippen molar-refractivity contribution in [2.75, 3.05) is 4.90 Å². The van der Waals surface area contributed by atoms with Crippen LogP contribution in [0.1, 0.15) is 27.0 Å². The summed E-state index contributed by atoms with van der Waals surface area (Å²) in [6.45, 7) is -0.361. The van der Waals surface area contributed by atoms with Crippen LogP contribution in [0.3, 0.4) is 0 Å². The molecule has 0 aliphatic carbocycles. The van der Waals surface area contributed by atoms with Crippen molar-refractivity contribution in [2.45, 2.75) is 29.3 Å². The number of alkyl halides is 3. The average molecular weight is 475 g/mol. The Morgan fingerprint density at radius 3 is 2.36 bits per heavy atom. The lowest BCUT2D eigenvalue weighted by molar-refractivity contribution is -0.138. The van der Waals surface area contributed by atoms with Gasteiger partial charge in [-0.15, -0.1) is 11.8 Å². The lowest BCUT2D eigenvalue weighted by Gasteiger charge is -2.34. The van der Waals surface area contributed by atoms with E-state index in [0.717, 1.165) is 17.8 Å². The van der Waals surface area contributed by atoms with Crippen LogP contribution in [-0.4, -0.2) is 22.2 Å². The van der Waals surface area contributed by atoms with Gasteiger partial charge in [0.25, 0.3) is 0 Å². The minimum Gasteiger partial charge on any atom is -0.478 e. The Bertz CT molecular complexity index is 1210. The van der Waals surface area contributed by atoms with Gasteiger partial charge in [-0.1, -0.05) is 36.4 Å². The fourth-order valence-corrected chi connectivity index (χ4v) is 4.97. The molecule has 33 heavy (non-hydrogen) atoms. The topological polar surface area (TPSA) is 57.6 Å². The van der Waals surface area contributed by atoms with E-state index in [1.807, 2.05) is 0 Å². The summed E-state index contributed by atoms with van der Waals surface area (Å²) in [7, 11) is 0. The number of carboxylic acid groups (broad SMARTS) is 1. The standard InChI is InChI=1S/C24H17F4NO3S/c25-18-6-3-7-19-21(18)33-20(12-14-8-10-15(11-9-14)23(31)32)22(30)29(19)13-16-4-1-2-5-17(16)24(26,27)28/h1-11,20H,12-13H2,(H,31,32)/t20-/m1/s1. The third-order valence-corrected chi connectivity index (χ3v) is 6.60. The fourth-order valence-electron chi connectivity index (χ4n) is 3.71. The minimum absolute atomic E-state index is 0.0862. The Balaban J connectivity index is 1.69. The van der Waals surface area contributed by atoms with Gasteiger partial charge in [-0.25, -0.2) is 9.18 Å². The Morgan fingerprint density at radius 2 is 1.70 bits per heavy atom. The zero-order valence-electron chi connectivity index (χ0n) is 17.0. The van der Waals surface area contributed by atoms with Crippen molar-refractivity contribution in [3.05, 3.63) is 94.8 Å². The molecule has 1 heterocycles. The van der Waals surface area contributed by atoms with Crippen LogP contribution in [0.2, 0.25) is 0 Å². The summed E-state index contributed by atoms with van der Waals surface area (Å²) in [6.07, 6.45) is -4.44. The van der Waals surface area contributed by atoms with Crippen molar-refractivity contribution in [1.82, 2.24) is 0 Å². The number of aromatic carboxylic acids is 1. The number of hydrogen-bond donors (Lipinski definition) is 1. The van der Waals surface area contributed by atoms with E-state index in [1.54, 1.807) is 12.1 Å². The SMILES string of the molecule is O=C(O)c1ccc(C[C@H]2Sc3c(F)cccc3N(Cc3ccccc3C(F)(F)F)C2=O)cc1. The van der Waals surface area contributed by atoms with Crippen LogP contribution in [0, 0.1) is 5.82 Å². The van der Waals surface area contributed by atoms with Crippen molar-refractivity contribution >= 4 is 29.3 Å². The first-order valence-electron chi connectivity index (χ1n) is 9.89. The minimum atomic E-state index is -4.60. The summed E-state index contributed by atoms with van der Waals surface area (Å²) < 4.78 is 55.1. The molecule has 0 fully saturated rings. The first-order valence-corrected chi connectivity index (χ1v) is 10.8. The molecule has 9 heteroatoms. The number of carbonyl (C=O) groups excluding carboxylic acids is 1. The van der Waals surface area contributed by atoms with Gasteiger partial charge in [0.1, 0.15) is 5.82 Å². The van der Waals surface area contributed by atoms with Crippen molar-refractivity contribution in [2.24, 2.45) is 0 Å². The van der Waals surface area contributed by atoms with Gasteiger partial charge in [-0.3, -0.25) is 4.79 Å². The number of thioether (sulfide) groups is 1. The highest BCUT2D eigenvalue weighted by molar-refractivity contribution is 8.01. The van der Waals surface area contributed by atoms with Gasteiger partial charge in [0.15, 0.2) is 0 Å². The number of rotatable bonds is 5. The lowest BCUT2D eigenvalue weighted by Crippen LogP contribution is -2.42. The molecule has 0 unspecified atom stereocenters. The Morgan fingerprint density at radius 1 is 1.00 bits per heavy atom. The number of carboxylic acids is 1. The third kappa shape index (κ3) is 4.73. The lowest BCUT2D eigenvalue weighted by atomic mass is 10.0. The number of nitrogens with zero attached hydrogens (tertiary/aromatic N) is 1. The molecule has 3 aromatic carbocycles. The summed E-state index contributed by atoms with van der Waals surface area (Å²) in [5.74, 6) is -2.10. The second-order valence-corrected chi connectivity index (χ2v) is 8.69. The van der Waals surface area contributed by atoms with E-state index in [1.165, 1.54) is 53.4 Å². The number of halogens is 4. The second kappa shape index (κ2) is 8.90. The third-order valence-electron chi connectivity index (χ3n) is 5.31. The van der Waals surface area contributed by atoms with Gasteiger partial charge in [0.2, 0.25) is 5.91 Å². The van der Waals surface area contributed by atoms with Crippen LogP contribution in [0.25, 0.3) is 0 Å². The number of hydrogen-bond acceptors (Lipinski definition) is 3. The van der Waals surface area contributed by atoms with Crippen LogP contribution in [0.15, 0.2) is 71.6 Å². The monoisotopic (exact) mass is 475 g/mol. The van der Waals surface area contributed by atoms with Crippen LogP contribution < -0.4 is 4.90 Å². The molecule has 1 aliphatic rings. The van der Waals surface area contributed by atoms with Crippen molar-refractivity contribution < 1.29 is 32.3 Å². The summed E-state index contributed by atoms with van der Waals surface area (Å²) in [5.41, 5.74) is 0.0173. The van der Waals surface area contributed by atoms with Gasteiger partial charge in [-0.2, -0.15) is 13.2 Å². The van der Waals surface area contributed by atoms with E-state index in [4.69, 9.17) is 5.11 Å². The molecule has 1 N–H and O–H groups in total. The summed E-state index contributed by atoms with van der Waals surface area (Å²) in [6, 6.07) is 15.1. The van der Waals surface area contributed by atoms with E-state index in [2.05, 4.69) is 0 Å². The largest absolute Gasteiger partial charge is 0.478 e. The molecule has 0 spiro atoms. The molecule has 4 nitrogen and oxygen atoms in total. The van der Waals surface area contributed by atoms with Gasteiger partial charge in [-0.05, 0) is 47.9 Å². The zero-order chi connectivity index (χ0) is 23.8. The van der Waals surface area contributed by atoms with Crippen LogP contribution in [-0.2, 0) is 23.9 Å². The van der Waals surface area contributed by atoms with E-state index in [0.29, 0.717) is 5.56 Å². The molecule has 1 atom stereocenters. The maximum absolute atomic E-state index is 14.6. The average Bonchev–Trinajstić information content (AvgIpc) is 2.77. The molecule has 1 amide bonds. The smallest absolute Gasteiger partial charge is 0.416 e. The van der Waals surface area contributed by atoms with Crippen LogP contribution in [0.4, 0.5) is 23.2 Å². The quantitative estimate of drug-likeness (QED) is 0.475. The highest BCUT2D eigenvalue weighted by Crippen LogP contribution is 2.43. The first kappa shape index (κ1) is 22.8. The molecule has 0 bridgehead atoms. The molecule has 0 saturated heterocycles. The van der Waals surface area contributed by atoms with E-state index in [9.17, 15) is 27.2 Å². The van der Waals surface area contributed by atoms with E-state index >= 15 is 0 Å². The zero-order valence-corrected chi connectivity index (χ0v) is 17.8. The molecule has 1 aliphatic heterocycles. The van der Waals surface area contributed by atoms with Crippen molar-refractivity contribution in [3.63, 3.8) is 0 Å². The summed E-state index contributed by atoms with van der Waals surface area (Å²) in [5, 5.41) is 8.26. The molecular formula is C24H17F4NO3S. The maximum Gasteiger partial charge on any atom is 0.416 e. The highest BCUT2D eigenvalue weighted by atomic mass is 32.2. The normalized spacial score (nSPS) is 15.9. The number of fused-ring (bicyclic) bond motifs is 1. The number of anilines is 1. The van der Waals surface area contributed by atoms with E-state index in [-0.39, 0.29) is 34.7 Å². The Kier molecular flexibility index (Phi) is 6.16. The Labute approximate surface area is 190 Å². The number of amides is 1. The number of carbonyl (C=O) groups is 2. The summed E-state index contributed by atoms with van der Waals surface area (Å²) >= 11 is 1.02. The molecule has 4 rings (SSSR count). The molecule has 0 radical (unpaired) electrons. The van der Waals surface area contributed by atoms with Crippen molar-refractivity contribution in [3.8, 4) is 0 Å². The fraction of sp³-hybridized carbons (Fsp3) is 0.167. The predicted molar refractivity (Wildman–Crippen MR) is 116 cm³/mol. The maximum atomic E-state index is 14.6. The number of benzene rings is 3. The second-order valence-electron chi connectivity index (χ2n) is 7.48. The highest BCUT2D eigenvalue weighted by Gasteiger charge is 2.38. The molecule has 3 aromatic rings. The Hall–Kier alpha value is -3.33. The van der Waals surface area contributed by atoms with Crippen LogP contribution in [0.5, 0.6) is 0 Å². The summed E-state index contributed by atoms with van der Waals surface area (Å²) in [4.78, 5) is 25.8. The molecule has 170 valence electrons. The van der Waals surface area contributed by atoms with Gasteiger partial charge in [0, 0.05) is 0 Å². The molecule has 0 aromatic heterocycles. The van der Waals surface area contributed by atoms with E-state index < -0.39 is 34.7 Å². The van der Waals surface area contributed by atoms with Crippen molar-refractivity contribution in [1.29, 1.82) is 0 Å². The predicted octanol–water partition coefficient (Wildman–Crippen LogP) is 5.79. The van der Waals surface area contributed by atoms with Gasteiger partial charge in [0.05, 0.1) is 33.5 Å².